The molecule has 5 heteroatoms. The van der Waals surface area contributed by atoms with E-state index >= 15 is 0 Å². The van der Waals surface area contributed by atoms with Gasteiger partial charge in [-0.1, -0.05) is 6.92 Å². The van der Waals surface area contributed by atoms with Crippen molar-refractivity contribution >= 4 is 17.5 Å². The molecule has 2 rings (SSSR count). The molecule has 1 aliphatic heterocycles. The highest BCUT2D eigenvalue weighted by molar-refractivity contribution is 6.17. The zero-order valence-corrected chi connectivity index (χ0v) is 11.7. The number of hydrogen-bond acceptors (Lipinski definition) is 3. The molecule has 1 N–H and O–H groups in total. The van der Waals surface area contributed by atoms with Crippen LogP contribution in [0.5, 0.6) is 11.5 Å². The van der Waals surface area contributed by atoms with Crippen LogP contribution in [0.3, 0.4) is 0 Å². The van der Waals surface area contributed by atoms with Gasteiger partial charge in [0, 0.05) is 18.0 Å². The molecule has 1 atom stereocenters. The van der Waals surface area contributed by atoms with Gasteiger partial charge in [0.2, 0.25) is 0 Å². The summed E-state index contributed by atoms with van der Waals surface area (Å²) in [5.74, 6) is 2.21. The van der Waals surface area contributed by atoms with Gasteiger partial charge < -0.3 is 14.8 Å². The summed E-state index contributed by atoms with van der Waals surface area (Å²) < 4.78 is 10.9. The van der Waals surface area contributed by atoms with Crippen LogP contribution in [0.15, 0.2) is 18.2 Å². The van der Waals surface area contributed by atoms with E-state index in [0.29, 0.717) is 48.6 Å². The molecular formula is C14H18ClNO3. The number of alkyl halides is 1. The molecule has 1 amide bonds. The number of benzene rings is 1. The Morgan fingerprint density at radius 2 is 2.11 bits per heavy atom. The van der Waals surface area contributed by atoms with Crippen LogP contribution in [0.2, 0.25) is 0 Å². The monoisotopic (exact) mass is 283 g/mol. The molecule has 0 spiro atoms. The van der Waals surface area contributed by atoms with Gasteiger partial charge in [-0.05, 0) is 30.5 Å². The molecule has 0 aromatic heterocycles. The predicted octanol–water partition coefficient (Wildman–Crippen LogP) is 2.45. The Balaban J connectivity index is 1.95. The summed E-state index contributed by atoms with van der Waals surface area (Å²) in [6.45, 7) is 3.76. The van der Waals surface area contributed by atoms with Crippen LogP contribution in [0.4, 0.5) is 0 Å². The smallest absolute Gasteiger partial charge is 0.251 e. The Morgan fingerprint density at radius 3 is 2.84 bits per heavy atom. The number of halogens is 1. The zero-order valence-electron chi connectivity index (χ0n) is 10.9. The maximum absolute atomic E-state index is 12.0. The van der Waals surface area contributed by atoms with E-state index in [9.17, 15) is 4.79 Å². The first-order valence-electron chi connectivity index (χ1n) is 6.44. The standard InChI is InChI=1S/C14H18ClNO3/c1-10(4-5-15)9-16-14(17)11-2-3-12-13(8-11)19-7-6-18-12/h2-3,8,10H,4-7,9H2,1H3,(H,16,17). The van der Waals surface area contributed by atoms with Crippen molar-refractivity contribution in [2.45, 2.75) is 13.3 Å². The van der Waals surface area contributed by atoms with Crippen LogP contribution in [0.25, 0.3) is 0 Å². The first-order valence-corrected chi connectivity index (χ1v) is 6.98. The van der Waals surface area contributed by atoms with Crippen molar-refractivity contribution in [3.63, 3.8) is 0 Å². The molecule has 1 aromatic rings. The molecule has 104 valence electrons. The number of fused-ring (bicyclic) bond motifs is 1. The molecule has 19 heavy (non-hydrogen) atoms. The molecule has 1 heterocycles. The lowest BCUT2D eigenvalue weighted by Gasteiger charge is -2.19. The Hall–Kier alpha value is -1.42. The first kappa shape index (κ1) is 14.0. The largest absolute Gasteiger partial charge is 0.486 e. The Morgan fingerprint density at radius 1 is 1.37 bits per heavy atom. The lowest BCUT2D eigenvalue weighted by Crippen LogP contribution is -2.28. The summed E-state index contributed by atoms with van der Waals surface area (Å²) in [6, 6.07) is 5.23. The van der Waals surface area contributed by atoms with Gasteiger partial charge in [0.05, 0.1) is 0 Å². The van der Waals surface area contributed by atoms with E-state index in [1.165, 1.54) is 0 Å². The van der Waals surface area contributed by atoms with Crippen molar-refractivity contribution in [2.24, 2.45) is 5.92 Å². The lowest BCUT2D eigenvalue weighted by molar-refractivity contribution is 0.0946. The van der Waals surface area contributed by atoms with E-state index in [-0.39, 0.29) is 5.91 Å². The average molecular weight is 284 g/mol. The second kappa shape index (κ2) is 6.66. The van der Waals surface area contributed by atoms with Crippen molar-refractivity contribution < 1.29 is 14.3 Å². The summed E-state index contributed by atoms with van der Waals surface area (Å²) in [5, 5.41) is 2.90. The molecule has 0 saturated carbocycles. The fourth-order valence-corrected chi connectivity index (χ4v) is 2.21. The third kappa shape index (κ3) is 3.77. The summed E-state index contributed by atoms with van der Waals surface area (Å²) in [6.07, 6.45) is 0.892. The Kier molecular flexibility index (Phi) is 4.91. The zero-order chi connectivity index (χ0) is 13.7. The number of hydrogen-bond donors (Lipinski definition) is 1. The second-order valence-electron chi connectivity index (χ2n) is 4.65. The van der Waals surface area contributed by atoms with Gasteiger partial charge in [-0.15, -0.1) is 11.6 Å². The van der Waals surface area contributed by atoms with Gasteiger partial charge in [0.1, 0.15) is 13.2 Å². The topological polar surface area (TPSA) is 47.6 Å². The molecular weight excluding hydrogens is 266 g/mol. The van der Waals surface area contributed by atoms with Crippen molar-refractivity contribution in [3.8, 4) is 11.5 Å². The van der Waals surface area contributed by atoms with E-state index in [2.05, 4.69) is 12.2 Å². The fourth-order valence-electron chi connectivity index (χ4n) is 1.84. The van der Waals surface area contributed by atoms with E-state index in [0.717, 1.165) is 6.42 Å². The highest BCUT2D eigenvalue weighted by Crippen LogP contribution is 2.30. The van der Waals surface area contributed by atoms with Crippen molar-refractivity contribution in [1.82, 2.24) is 5.32 Å². The molecule has 0 aliphatic carbocycles. The number of amides is 1. The second-order valence-corrected chi connectivity index (χ2v) is 5.03. The molecule has 4 nitrogen and oxygen atoms in total. The normalized spacial score (nSPS) is 14.8. The molecule has 1 aromatic carbocycles. The SMILES string of the molecule is CC(CCCl)CNC(=O)c1ccc2c(c1)OCCO2. The molecule has 0 bridgehead atoms. The highest BCUT2D eigenvalue weighted by Gasteiger charge is 2.15. The minimum Gasteiger partial charge on any atom is -0.486 e. The molecule has 1 unspecified atom stereocenters. The summed E-state index contributed by atoms with van der Waals surface area (Å²) >= 11 is 5.66. The highest BCUT2D eigenvalue weighted by atomic mass is 35.5. The van der Waals surface area contributed by atoms with Gasteiger partial charge in [0.25, 0.3) is 5.91 Å². The average Bonchev–Trinajstić information content (AvgIpc) is 2.44. The Labute approximate surface area is 118 Å². The molecule has 0 saturated heterocycles. The first-order chi connectivity index (χ1) is 9.20. The quantitative estimate of drug-likeness (QED) is 0.845. The van der Waals surface area contributed by atoms with Crippen LogP contribution in [-0.4, -0.2) is 31.5 Å². The number of nitrogens with one attached hydrogen (secondary N) is 1. The summed E-state index contributed by atoms with van der Waals surface area (Å²) in [7, 11) is 0. The van der Waals surface area contributed by atoms with Crippen LogP contribution in [-0.2, 0) is 0 Å². The van der Waals surface area contributed by atoms with Gasteiger partial charge in [0.15, 0.2) is 11.5 Å². The molecule has 0 radical (unpaired) electrons. The third-order valence-corrected chi connectivity index (χ3v) is 3.24. The van der Waals surface area contributed by atoms with Crippen LogP contribution in [0, 0.1) is 5.92 Å². The third-order valence-electron chi connectivity index (χ3n) is 3.02. The number of carbonyl (C=O) groups is 1. The fraction of sp³-hybridized carbons (Fsp3) is 0.500. The van der Waals surface area contributed by atoms with Gasteiger partial charge in [-0.3, -0.25) is 4.79 Å². The maximum atomic E-state index is 12.0. The minimum atomic E-state index is -0.0987. The Bertz CT molecular complexity index is 450. The lowest BCUT2D eigenvalue weighted by atomic mass is 10.1. The maximum Gasteiger partial charge on any atom is 0.251 e. The van der Waals surface area contributed by atoms with Crippen LogP contribution >= 0.6 is 11.6 Å². The van der Waals surface area contributed by atoms with Crippen molar-refractivity contribution in [1.29, 1.82) is 0 Å². The van der Waals surface area contributed by atoms with Gasteiger partial charge in [-0.25, -0.2) is 0 Å². The van der Waals surface area contributed by atoms with Crippen molar-refractivity contribution in [2.75, 3.05) is 25.6 Å². The summed E-state index contributed by atoms with van der Waals surface area (Å²) in [5.41, 5.74) is 0.585. The predicted molar refractivity (Wildman–Crippen MR) is 74.3 cm³/mol. The number of carbonyl (C=O) groups excluding carboxylic acids is 1. The van der Waals surface area contributed by atoms with Crippen molar-refractivity contribution in [3.05, 3.63) is 23.8 Å². The van der Waals surface area contributed by atoms with E-state index in [1.807, 2.05) is 0 Å². The molecule has 1 aliphatic rings. The number of rotatable bonds is 5. The van der Waals surface area contributed by atoms with E-state index in [4.69, 9.17) is 21.1 Å². The van der Waals surface area contributed by atoms with Gasteiger partial charge >= 0.3 is 0 Å². The summed E-state index contributed by atoms with van der Waals surface area (Å²) in [4.78, 5) is 12.0. The molecule has 0 fully saturated rings. The van der Waals surface area contributed by atoms with Gasteiger partial charge in [-0.2, -0.15) is 0 Å². The van der Waals surface area contributed by atoms with E-state index in [1.54, 1.807) is 18.2 Å². The van der Waals surface area contributed by atoms with Crippen LogP contribution < -0.4 is 14.8 Å². The minimum absolute atomic E-state index is 0.0987. The van der Waals surface area contributed by atoms with E-state index < -0.39 is 0 Å². The van der Waals surface area contributed by atoms with Crippen LogP contribution in [0.1, 0.15) is 23.7 Å². The number of ether oxygens (including phenoxy) is 2.